The number of hydrogen-bond acceptors (Lipinski definition) is 6. The van der Waals surface area contributed by atoms with Gasteiger partial charge in [0, 0.05) is 6.42 Å². The molecule has 150 valence electrons. The van der Waals surface area contributed by atoms with Gasteiger partial charge in [-0.1, -0.05) is 0 Å². The van der Waals surface area contributed by atoms with E-state index in [0.29, 0.717) is 17.9 Å². The molecule has 2 N–H and O–H groups in total. The number of carbonyl (C=O) groups excluding carboxylic acids is 2. The van der Waals surface area contributed by atoms with E-state index >= 15 is 0 Å². The summed E-state index contributed by atoms with van der Waals surface area (Å²) in [7, 11) is -3.05. The van der Waals surface area contributed by atoms with Crippen LogP contribution in [0.25, 0.3) is 0 Å². The van der Waals surface area contributed by atoms with Gasteiger partial charge in [0.25, 0.3) is 0 Å². The third-order valence-electron chi connectivity index (χ3n) is 4.20. The number of halogens is 1. The Morgan fingerprint density at radius 3 is 2.57 bits per heavy atom. The van der Waals surface area contributed by atoms with Gasteiger partial charge in [0.2, 0.25) is 5.91 Å². The molecule has 0 bridgehead atoms. The Balaban J connectivity index is 1.43. The molecule has 8 nitrogen and oxygen atoms in total. The van der Waals surface area contributed by atoms with Crippen molar-refractivity contribution in [3.63, 3.8) is 0 Å². The summed E-state index contributed by atoms with van der Waals surface area (Å²) in [6.07, 6.45) is 0.466. The number of rotatable bonds is 6. The predicted molar refractivity (Wildman–Crippen MR) is 96.4 cm³/mol. The van der Waals surface area contributed by atoms with E-state index in [1.807, 2.05) is 0 Å². The summed E-state index contributed by atoms with van der Waals surface area (Å²) in [5.41, 5.74) is 4.47. The lowest BCUT2D eigenvalue weighted by Gasteiger charge is -2.09. The van der Waals surface area contributed by atoms with Crippen LogP contribution in [0.2, 0.25) is 0 Å². The van der Waals surface area contributed by atoms with Crippen molar-refractivity contribution in [3.8, 4) is 5.75 Å². The van der Waals surface area contributed by atoms with Gasteiger partial charge in [0.15, 0.2) is 15.6 Å². The molecule has 2 amide bonds. The first-order valence-electron chi connectivity index (χ1n) is 8.57. The second-order valence-electron chi connectivity index (χ2n) is 6.48. The fourth-order valence-electron chi connectivity index (χ4n) is 2.80. The summed E-state index contributed by atoms with van der Waals surface area (Å²) in [6, 6.07) is 8.44. The number of hydrogen-bond donors (Lipinski definition) is 2. The van der Waals surface area contributed by atoms with Crippen molar-refractivity contribution in [1.82, 2.24) is 10.9 Å². The fourth-order valence-corrected chi connectivity index (χ4v) is 4.66. The van der Waals surface area contributed by atoms with Crippen molar-refractivity contribution in [2.24, 2.45) is 5.92 Å². The van der Waals surface area contributed by atoms with E-state index in [4.69, 9.17) is 9.15 Å². The topological polar surface area (TPSA) is 115 Å². The van der Waals surface area contributed by atoms with Gasteiger partial charge in [-0.2, -0.15) is 0 Å². The molecular weight excluding hydrogens is 391 g/mol. The third kappa shape index (κ3) is 5.56. The molecule has 0 spiro atoms. The lowest BCUT2D eigenvalue weighted by Crippen LogP contribution is -2.42. The van der Waals surface area contributed by atoms with Crippen LogP contribution in [0.5, 0.6) is 5.75 Å². The fraction of sp³-hybridized carbons (Fsp3) is 0.333. The highest BCUT2D eigenvalue weighted by atomic mass is 32.2. The van der Waals surface area contributed by atoms with E-state index < -0.39 is 21.7 Å². The monoisotopic (exact) mass is 410 g/mol. The van der Waals surface area contributed by atoms with E-state index in [9.17, 15) is 22.4 Å². The largest absolute Gasteiger partial charge is 0.486 e. The molecule has 0 aliphatic carbocycles. The number of hydrazine groups is 1. The van der Waals surface area contributed by atoms with Gasteiger partial charge in [-0.3, -0.25) is 20.4 Å². The third-order valence-corrected chi connectivity index (χ3v) is 6.03. The van der Waals surface area contributed by atoms with Gasteiger partial charge in [-0.05, 0) is 48.7 Å². The van der Waals surface area contributed by atoms with E-state index in [2.05, 4.69) is 10.9 Å². The zero-order valence-corrected chi connectivity index (χ0v) is 15.6. The second-order valence-corrected chi connectivity index (χ2v) is 8.71. The maximum Gasteiger partial charge on any atom is 0.305 e. The Hall–Kier alpha value is -2.88. The van der Waals surface area contributed by atoms with Crippen molar-refractivity contribution in [3.05, 3.63) is 53.7 Å². The smallest absolute Gasteiger partial charge is 0.305 e. The zero-order chi connectivity index (χ0) is 20.1. The molecule has 1 saturated heterocycles. The highest BCUT2D eigenvalue weighted by molar-refractivity contribution is 7.91. The van der Waals surface area contributed by atoms with E-state index in [-0.39, 0.29) is 42.0 Å². The maximum absolute atomic E-state index is 12.8. The van der Waals surface area contributed by atoms with Gasteiger partial charge in [0.05, 0.1) is 11.5 Å². The number of furan rings is 1. The molecule has 2 heterocycles. The molecule has 1 fully saturated rings. The van der Waals surface area contributed by atoms with Crippen LogP contribution in [-0.4, -0.2) is 31.7 Å². The molecule has 1 aromatic carbocycles. The number of carbonyl (C=O) groups is 2. The first kappa shape index (κ1) is 19.9. The van der Waals surface area contributed by atoms with Crippen LogP contribution >= 0.6 is 0 Å². The maximum atomic E-state index is 12.8. The minimum Gasteiger partial charge on any atom is -0.486 e. The van der Waals surface area contributed by atoms with E-state index in [0.717, 1.165) is 0 Å². The number of sulfone groups is 1. The Morgan fingerprint density at radius 2 is 1.89 bits per heavy atom. The Labute approximate surface area is 160 Å². The second kappa shape index (κ2) is 8.42. The van der Waals surface area contributed by atoms with Crippen molar-refractivity contribution in [1.29, 1.82) is 0 Å². The van der Waals surface area contributed by atoms with E-state index in [1.54, 1.807) is 6.07 Å². The molecular formula is C18H19FN2O6S. The molecule has 1 aliphatic rings. The normalized spacial score (nSPS) is 17.8. The van der Waals surface area contributed by atoms with Crippen LogP contribution in [0.1, 0.15) is 29.2 Å². The quantitative estimate of drug-likeness (QED) is 0.699. The molecule has 0 saturated carbocycles. The van der Waals surface area contributed by atoms with Crippen LogP contribution in [0.4, 0.5) is 4.39 Å². The first-order chi connectivity index (χ1) is 13.3. The van der Waals surface area contributed by atoms with Crippen molar-refractivity contribution in [2.75, 3.05) is 11.5 Å². The average Bonchev–Trinajstić information content (AvgIpc) is 3.25. The average molecular weight is 410 g/mol. The van der Waals surface area contributed by atoms with Gasteiger partial charge < -0.3 is 9.15 Å². The summed E-state index contributed by atoms with van der Waals surface area (Å²) in [4.78, 5) is 23.9. The van der Waals surface area contributed by atoms with Crippen LogP contribution in [0.15, 0.2) is 40.8 Å². The minimum absolute atomic E-state index is 0.00995. The highest BCUT2D eigenvalue weighted by Crippen LogP contribution is 2.21. The zero-order valence-electron chi connectivity index (χ0n) is 14.8. The van der Waals surface area contributed by atoms with Crippen molar-refractivity contribution in [2.45, 2.75) is 19.4 Å². The summed E-state index contributed by atoms with van der Waals surface area (Å²) in [5.74, 6) is -0.858. The van der Waals surface area contributed by atoms with Crippen molar-refractivity contribution < 1.29 is 31.6 Å². The number of amides is 2. The molecule has 0 unspecified atom stereocenters. The highest BCUT2D eigenvalue weighted by Gasteiger charge is 2.29. The molecule has 0 radical (unpaired) electrons. The molecule has 1 aromatic heterocycles. The predicted octanol–water partition coefficient (Wildman–Crippen LogP) is 1.58. The minimum atomic E-state index is -3.05. The lowest BCUT2D eigenvalue weighted by molar-refractivity contribution is -0.122. The number of ether oxygens (including phenoxy) is 1. The van der Waals surface area contributed by atoms with Crippen LogP contribution in [0, 0.1) is 11.7 Å². The Kier molecular flexibility index (Phi) is 5.98. The van der Waals surface area contributed by atoms with Gasteiger partial charge >= 0.3 is 5.91 Å². The number of nitrogens with one attached hydrogen (secondary N) is 2. The summed E-state index contributed by atoms with van der Waals surface area (Å²) < 4.78 is 46.4. The van der Waals surface area contributed by atoms with Crippen molar-refractivity contribution >= 4 is 21.7 Å². The lowest BCUT2D eigenvalue weighted by atomic mass is 10.1. The molecule has 3 rings (SSSR count). The number of benzene rings is 1. The van der Waals surface area contributed by atoms with Crippen LogP contribution in [-0.2, 0) is 21.2 Å². The standard InChI is InChI=1S/C18H19FN2O6S/c19-13-1-3-14(4-2-13)26-10-15-5-6-16(27-15)18(23)21-20-17(22)9-12-7-8-28(24,25)11-12/h1-6,12H,7-11H2,(H,20,22)(H,21,23)/t12-/m0/s1. The Bertz CT molecular complexity index is 955. The molecule has 10 heteroatoms. The molecule has 1 atom stereocenters. The summed E-state index contributed by atoms with van der Waals surface area (Å²) in [6.45, 7) is 0.0431. The summed E-state index contributed by atoms with van der Waals surface area (Å²) in [5, 5.41) is 0. The summed E-state index contributed by atoms with van der Waals surface area (Å²) >= 11 is 0. The van der Waals surface area contributed by atoms with E-state index in [1.165, 1.54) is 30.3 Å². The van der Waals surface area contributed by atoms with Gasteiger partial charge in [0.1, 0.15) is 23.9 Å². The Morgan fingerprint density at radius 1 is 1.14 bits per heavy atom. The van der Waals surface area contributed by atoms with Crippen LogP contribution in [0.3, 0.4) is 0 Å². The molecule has 2 aromatic rings. The van der Waals surface area contributed by atoms with Crippen LogP contribution < -0.4 is 15.6 Å². The molecule has 28 heavy (non-hydrogen) atoms. The first-order valence-corrected chi connectivity index (χ1v) is 10.4. The van der Waals surface area contributed by atoms with Gasteiger partial charge in [-0.25, -0.2) is 12.8 Å². The SMILES string of the molecule is O=C(C[C@@H]1CCS(=O)(=O)C1)NNC(=O)c1ccc(COc2ccc(F)cc2)o1. The van der Waals surface area contributed by atoms with Gasteiger partial charge in [-0.15, -0.1) is 0 Å². The molecule has 1 aliphatic heterocycles.